The van der Waals surface area contributed by atoms with Crippen molar-refractivity contribution in [2.45, 2.75) is 37.6 Å². The van der Waals surface area contributed by atoms with E-state index >= 15 is 0 Å². The smallest absolute Gasteiger partial charge is 0.496 e. The van der Waals surface area contributed by atoms with Gasteiger partial charge in [0.2, 0.25) is 0 Å². The molecule has 0 N–H and O–H groups in total. The Labute approximate surface area is 171 Å². The Morgan fingerprint density at radius 3 is 2.57 bits per heavy atom. The van der Waals surface area contributed by atoms with Gasteiger partial charge in [-0.3, -0.25) is 4.79 Å². The highest BCUT2D eigenvalue weighted by Gasteiger charge is 2.46. The summed E-state index contributed by atoms with van der Waals surface area (Å²) in [4.78, 5) is 11.7. The highest BCUT2D eigenvalue weighted by atomic mass is 19.4. The molecule has 30 heavy (non-hydrogen) atoms. The van der Waals surface area contributed by atoms with Gasteiger partial charge in [0.1, 0.15) is 23.4 Å². The summed E-state index contributed by atoms with van der Waals surface area (Å²) in [6.45, 7) is 0. The maximum absolute atomic E-state index is 12.6. The van der Waals surface area contributed by atoms with Crippen LogP contribution in [0.25, 0.3) is 0 Å². The van der Waals surface area contributed by atoms with E-state index in [2.05, 4.69) is 4.74 Å². The summed E-state index contributed by atoms with van der Waals surface area (Å²) in [7, 11) is 2.92. The van der Waals surface area contributed by atoms with E-state index in [1.54, 1.807) is 25.3 Å². The Hall–Kier alpha value is -2.90. The summed E-state index contributed by atoms with van der Waals surface area (Å²) in [5.41, 5.74) is 2.11. The minimum atomic E-state index is -4.73. The highest BCUT2D eigenvalue weighted by Crippen LogP contribution is 2.51. The molecule has 0 amide bonds. The fraction of sp³-hybridized carbons (Fsp3) is 0.409. The van der Waals surface area contributed by atoms with Crippen molar-refractivity contribution in [3.63, 3.8) is 0 Å². The van der Waals surface area contributed by atoms with Gasteiger partial charge < -0.3 is 18.9 Å². The highest BCUT2D eigenvalue weighted by molar-refractivity contribution is 5.77. The van der Waals surface area contributed by atoms with Crippen LogP contribution in [-0.2, 0) is 16.0 Å². The lowest BCUT2D eigenvalue weighted by Crippen LogP contribution is -2.18. The van der Waals surface area contributed by atoms with Crippen LogP contribution < -0.4 is 14.2 Å². The first-order chi connectivity index (χ1) is 14.3. The molecule has 8 heteroatoms. The first-order valence-electron chi connectivity index (χ1n) is 9.60. The SMILES string of the molecule is COC(=O)C1CC1c1ccc(O[C@@H]2CCc3c(OC(F)(F)F)cccc32)cc1OC. The molecule has 4 rings (SSSR count). The van der Waals surface area contributed by atoms with E-state index in [1.165, 1.54) is 19.2 Å². The lowest BCUT2D eigenvalue weighted by Gasteiger charge is -2.18. The van der Waals surface area contributed by atoms with Crippen LogP contribution in [0, 0.1) is 5.92 Å². The predicted octanol–water partition coefficient (Wildman–Crippen LogP) is 4.94. The zero-order valence-electron chi connectivity index (χ0n) is 16.5. The average molecular weight is 422 g/mol. The normalized spacial score (nSPS) is 22.2. The summed E-state index contributed by atoms with van der Waals surface area (Å²) in [5, 5.41) is 0. The molecule has 0 bridgehead atoms. The van der Waals surface area contributed by atoms with Crippen molar-refractivity contribution < 1.29 is 36.9 Å². The number of methoxy groups -OCH3 is 2. The minimum Gasteiger partial charge on any atom is -0.496 e. The van der Waals surface area contributed by atoms with E-state index in [0.29, 0.717) is 41.9 Å². The number of halogens is 3. The molecule has 0 heterocycles. The Morgan fingerprint density at radius 2 is 1.87 bits per heavy atom. The first-order valence-corrected chi connectivity index (χ1v) is 9.60. The van der Waals surface area contributed by atoms with Crippen LogP contribution in [0.1, 0.15) is 41.6 Å². The molecule has 2 aliphatic rings. The molecule has 2 aliphatic carbocycles. The first kappa shape index (κ1) is 20.4. The number of alkyl halides is 3. The van der Waals surface area contributed by atoms with Crippen molar-refractivity contribution in [2.24, 2.45) is 5.92 Å². The number of carbonyl (C=O) groups is 1. The fourth-order valence-electron chi connectivity index (χ4n) is 4.11. The van der Waals surface area contributed by atoms with Crippen LogP contribution in [0.2, 0.25) is 0 Å². The van der Waals surface area contributed by atoms with Crippen LogP contribution in [0.3, 0.4) is 0 Å². The number of hydrogen-bond donors (Lipinski definition) is 0. The summed E-state index contributed by atoms with van der Waals surface area (Å²) < 4.78 is 58.5. The van der Waals surface area contributed by atoms with Gasteiger partial charge in [0.05, 0.1) is 20.1 Å². The molecule has 0 spiro atoms. The zero-order valence-corrected chi connectivity index (χ0v) is 16.5. The number of esters is 1. The predicted molar refractivity (Wildman–Crippen MR) is 101 cm³/mol. The molecular formula is C22H21F3O5. The molecule has 2 aromatic rings. The average Bonchev–Trinajstić information content (AvgIpc) is 3.40. The van der Waals surface area contributed by atoms with Crippen molar-refractivity contribution >= 4 is 5.97 Å². The van der Waals surface area contributed by atoms with Crippen molar-refractivity contribution in [3.05, 3.63) is 53.1 Å². The second kappa shape index (κ2) is 7.74. The summed E-state index contributed by atoms with van der Waals surface area (Å²) in [6, 6.07) is 10.0. The second-order valence-corrected chi connectivity index (χ2v) is 7.39. The molecular weight excluding hydrogens is 401 g/mol. The molecule has 0 saturated heterocycles. The van der Waals surface area contributed by atoms with Gasteiger partial charge in [-0.25, -0.2) is 0 Å². The monoisotopic (exact) mass is 422 g/mol. The van der Waals surface area contributed by atoms with Gasteiger partial charge in [0.25, 0.3) is 0 Å². The maximum atomic E-state index is 12.6. The Bertz CT molecular complexity index is 956. The molecule has 1 saturated carbocycles. The number of benzene rings is 2. The molecule has 2 unspecified atom stereocenters. The van der Waals surface area contributed by atoms with Crippen LogP contribution in [0.4, 0.5) is 13.2 Å². The largest absolute Gasteiger partial charge is 0.573 e. The Kier molecular flexibility index (Phi) is 5.26. The molecule has 160 valence electrons. The van der Waals surface area contributed by atoms with Crippen LogP contribution in [0.5, 0.6) is 17.2 Å². The lowest BCUT2D eigenvalue weighted by atomic mass is 10.1. The van der Waals surface area contributed by atoms with E-state index in [4.69, 9.17) is 14.2 Å². The maximum Gasteiger partial charge on any atom is 0.573 e. The minimum absolute atomic E-state index is 0.0516. The van der Waals surface area contributed by atoms with Gasteiger partial charge in [-0.1, -0.05) is 18.2 Å². The van der Waals surface area contributed by atoms with E-state index in [0.717, 1.165) is 5.56 Å². The number of ether oxygens (including phenoxy) is 4. The molecule has 1 fully saturated rings. The Balaban J connectivity index is 1.52. The van der Waals surface area contributed by atoms with Gasteiger partial charge in [-0.2, -0.15) is 0 Å². The van der Waals surface area contributed by atoms with Gasteiger partial charge in [-0.15, -0.1) is 13.2 Å². The van der Waals surface area contributed by atoms with Crippen LogP contribution in [0.15, 0.2) is 36.4 Å². The van der Waals surface area contributed by atoms with Crippen LogP contribution >= 0.6 is 0 Å². The standard InChI is InChI=1S/C22H21F3O5/c1-27-20-10-12(6-7-15(20)16-11-17(16)21(26)28-2)29-18-9-8-14-13(18)4-3-5-19(14)30-22(23,24)25/h3-7,10,16-18H,8-9,11H2,1-2H3/t16?,17?,18-/m1/s1. The molecule has 0 aromatic heterocycles. The van der Waals surface area contributed by atoms with E-state index in [-0.39, 0.29) is 29.7 Å². The van der Waals surface area contributed by atoms with Gasteiger partial charge in [0.15, 0.2) is 0 Å². The summed E-state index contributed by atoms with van der Waals surface area (Å²) in [5.74, 6) is 0.630. The van der Waals surface area contributed by atoms with Crippen molar-refractivity contribution in [3.8, 4) is 17.2 Å². The quantitative estimate of drug-likeness (QED) is 0.618. The van der Waals surface area contributed by atoms with Crippen molar-refractivity contribution in [2.75, 3.05) is 14.2 Å². The van der Waals surface area contributed by atoms with Crippen LogP contribution in [-0.4, -0.2) is 26.6 Å². The molecule has 0 radical (unpaired) electrons. The van der Waals surface area contributed by atoms with Gasteiger partial charge in [0, 0.05) is 17.5 Å². The molecule has 3 atom stereocenters. The topological polar surface area (TPSA) is 54.0 Å². The third-order valence-corrected chi connectivity index (χ3v) is 5.58. The zero-order chi connectivity index (χ0) is 21.5. The Morgan fingerprint density at radius 1 is 1.07 bits per heavy atom. The summed E-state index contributed by atoms with van der Waals surface area (Å²) in [6.07, 6.45) is -3.42. The molecule has 2 aromatic carbocycles. The van der Waals surface area contributed by atoms with E-state index in [9.17, 15) is 18.0 Å². The van der Waals surface area contributed by atoms with Gasteiger partial charge in [-0.05, 0) is 42.5 Å². The third-order valence-electron chi connectivity index (χ3n) is 5.58. The molecule has 0 aliphatic heterocycles. The van der Waals surface area contributed by atoms with E-state index in [1.807, 2.05) is 6.07 Å². The second-order valence-electron chi connectivity index (χ2n) is 7.39. The van der Waals surface area contributed by atoms with Crippen molar-refractivity contribution in [1.29, 1.82) is 0 Å². The number of hydrogen-bond acceptors (Lipinski definition) is 5. The number of fused-ring (bicyclic) bond motifs is 1. The third kappa shape index (κ3) is 4.04. The summed E-state index contributed by atoms with van der Waals surface area (Å²) >= 11 is 0. The lowest BCUT2D eigenvalue weighted by molar-refractivity contribution is -0.274. The fourth-order valence-corrected chi connectivity index (χ4v) is 4.11. The van der Waals surface area contributed by atoms with E-state index < -0.39 is 6.36 Å². The van der Waals surface area contributed by atoms with Crippen molar-refractivity contribution in [1.82, 2.24) is 0 Å². The molecule has 5 nitrogen and oxygen atoms in total. The van der Waals surface area contributed by atoms with Gasteiger partial charge >= 0.3 is 12.3 Å². The number of carbonyl (C=O) groups excluding carboxylic acids is 1. The number of rotatable bonds is 6.